The van der Waals surface area contributed by atoms with E-state index in [4.69, 9.17) is 0 Å². The van der Waals surface area contributed by atoms with E-state index in [2.05, 4.69) is 29.7 Å². The van der Waals surface area contributed by atoms with E-state index in [0.717, 1.165) is 5.52 Å². The molecule has 2 nitrogen and oxygen atoms in total. The molecule has 0 aliphatic carbocycles. The number of aryl methyl sites for hydroxylation is 1. The van der Waals surface area contributed by atoms with Crippen molar-refractivity contribution in [2.45, 2.75) is 47.1 Å². The van der Waals surface area contributed by atoms with E-state index in [1.807, 2.05) is 46.9 Å². The second kappa shape index (κ2) is 4.22. The Kier molecular flexibility index (Phi) is 3.08. The highest BCUT2D eigenvalue weighted by atomic mass is 16.1. The fraction of sp³-hybridized carbons (Fsp3) is 0.471. The largest absolute Gasteiger partial charge is 0.335 e. The minimum atomic E-state index is -0.534. The van der Waals surface area contributed by atoms with Crippen molar-refractivity contribution >= 4 is 16.7 Å². The molecule has 1 aromatic heterocycles. The van der Waals surface area contributed by atoms with Gasteiger partial charge >= 0.3 is 0 Å². The lowest BCUT2D eigenvalue weighted by atomic mass is 9.80. The van der Waals surface area contributed by atoms with Crippen LogP contribution in [0.5, 0.6) is 0 Å². The van der Waals surface area contributed by atoms with Crippen molar-refractivity contribution in [2.75, 3.05) is 0 Å². The molecule has 0 aliphatic heterocycles. The highest BCUT2D eigenvalue weighted by Crippen LogP contribution is 2.32. The second-order valence-corrected chi connectivity index (χ2v) is 6.83. The number of nitrogens with zero attached hydrogens (tertiary/aromatic N) is 1. The molecule has 0 saturated heterocycles. The Hall–Kier alpha value is -1.57. The van der Waals surface area contributed by atoms with Gasteiger partial charge in [-0.3, -0.25) is 4.79 Å². The number of ketones is 1. The zero-order chi connectivity index (χ0) is 14.4. The molecule has 1 heterocycles. The van der Waals surface area contributed by atoms with Gasteiger partial charge in [0, 0.05) is 22.5 Å². The van der Waals surface area contributed by atoms with Crippen LogP contribution < -0.4 is 0 Å². The summed E-state index contributed by atoms with van der Waals surface area (Å²) in [6, 6.07) is 8.33. The van der Waals surface area contributed by atoms with Gasteiger partial charge in [0.15, 0.2) is 5.78 Å². The van der Waals surface area contributed by atoms with Crippen LogP contribution in [-0.2, 0) is 10.3 Å². The van der Waals surface area contributed by atoms with Gasteiger partial charge in [-0.2, -0.15) is 0 Å². The van der Waals surface area contributed by atoms with Gasteiger partial charge in [-0.05, 0) is 38.5 Å². The van der Waals surface area contributed by atoms with E-state index in [9.17, 15) is 4.79 Å². The number of rotatable bonds is 2. The van der Waals surface area contributed by atoms with Gasteiger partial charge in [-0.15, -0.1) is 0 Å². The van der Waals surface area contributed by atoms with Crippen molar-refractivity contribution in [3.8, 4) is 0 Å². The number of carbonyl (C=O) groups is 1. The molecule has 0 saturated carbocycles. The number of Topliss-reactive ketones (excluding diaryl/α,β-unsaturated/α-hetero) is 1. The molecular weight excluding hydrogens is 234 g/mol. The third kappa shape index (κ3) is 2.20. The van der Waals surface area contributed by atoms with Crippen molar-refractivity contribution in [3.05, 3.63) is 36.0 Å². The zero-order valence-electron chi connectivity index (χ0n) is 12.7. The first-order valence-electron chi connectivity index (χ1n) is 6.78. The summed E-state index contributed by atoms with van der Waals surface area (Å²) in [5, 5.41) is 1.22. The Labute approximate surface area is 115 Å². The molecule has 0 N–H and O–H groups in total. The van der Waals surface area contributed by atoms with E-state index < -0.39 is 5.54 Å². The predicted octanol–water partition coefficient (Wildman–Crippen LogP) is 4.30. The number of benzene rings is 1. The minimum Gasteiger partial charge on any atom is -0.335 e. The van der Waals surface area contributed by atoms with E-state index in [1.54, 1.807) is 0 Å². The number of hydrogen-bond acceptors (Lipinski definition) is 1. The van der Waals surface area contributed by atoms with Crippen LogP contribution in [-0.4, -0.2) is 10.4 Å². The highest BCUT2D eigenvalue weighted by molar-refractivity contribution is 5.93. The van der Waals surface area contributed by atoms with Crippen molar-refractivity contribution < 1.29 is 4.79 Å². The molecule has 0 unspecified atom stereocenters. The van der Waals surface area contributed by atoms with Crippen LogP contribution in [0.4, 0.5) is 0 Å². The van der Waals surface area contributed by atoms with Crippen molar-refractivity contribution in [1.29, 1.82) is 0 Å². The van der Waals surface area contributed by atoms with Gasteiger partial charge in [-0.25, -0.2) is 0 Å². The number of hydrogen-bond donors (Lipinski definition) is 0. The van der Waals surface area contributed by atoms with Gasteiger partial charge in [0.2, 0.25) is 0 Å². The molecule has 2 rings (SSSR count). The molecular formula is C17H23NO. The fourth-order valence-electron chi connectivity index (χ4n) is 2.84. The summed E-state index contributed by atoms with van der Waals surface area (Å²) in [4.78, 5) is 12.7. The summed E-state index contributed by atoms with van der Waals surface area (Å²) in [7, 11) is 0. The Balaban J connectivity index is 2.62. The average Bonchev–Trinajstić information content (AvgIpc) is 2.72. The Bertz CT molecular complexity index is 626. The Morgan fingerprint density at radius 3 is 2.26 bits per heavy atom. The molecule has 0 aliphatic rings. The van der Waals surface area contributed by atoms with Crippen LogP contribution in [0.1, 0.15) is 40.2 Å². The smallest absolute Gasteiger partial charge is 0.163 e. The predicted molar refractivity (Wildman–Crippen MR) is 80.5 cm³/mol. The third-order valence-electron chi connectivity index (χ3n) is 3.79. The van der Waals surface area contributed by atoms with Crippen molar-refractivity contribution in [2.24, 2.45) is 5.41 Å². The standard InChI is InChI=1S/C17H23NO/c1-12-8-7-9-14-13(12)10-11-18(14)17(5,6)15(19)16(2,3)4/h7-11H,1-6H3. The Morgan fingerprint density at radius 1 is 1.05 bits per heavy atom. The van der Waals surface area contributed by atoms with Crippen molar-refractivity contribution in [3.63, 3.8) is 0 Å². The maximum atomic E-state index is 12.7. The van der Waals surface area contributed by atoms with Crippen LogP contribution in [0, 0.1) is 12.3 Å². The molecule has 19 heavy (non-hydrogen) atoms. The second-order valence-electron chi connectivity index (χ2n) is 6.83. The molecule has 0 fully saturated rings. The lowest BCUT2D eigenvalue weighted by Crippen LogP contribution is -2.42. The average molecular weight is 257 g/mol. The van der Waals surface area contributed by atoms with E-state index in [-0.39, 0.29) is 11.2 Å². The summed E-state index contributed by atoms with van der Waals surface area (Å²) in [6.07, 6.45) is 2.03. The van der Waals surface area contributed by atoms with E-state index in [0.29, 0.717) is 0 Å². The van der Waals surface area contributed by atoms with Gasteiger partial charge < -0.3 is 4.57 Å². The fourth-order valence-corrected chi connectivity index (χ4v) is 2.84. The molecule has 0 amide bonds. The molecule has 0 spiro atoms. The molecule has 2 heteroatoms. The lowest BCUT2D eigenvalue weighted by Gasteiger charge is -2.33. The number of aromatic nitrogens is 1. The topological polar surface area (TPSA) is 22.0 Å². The van der Waals surface area contributed by atoms with Crippen LogP contribution in [0.3, 0.4) is 0 Å². The molecule has 0 atom stereocenters. The summed E-state index contributed by atoms with van der Waals surface area (Å²) in [6.45, 7) is 12.0. The van der Waals surface area contributed by atoms with Gasteiger partial charge in [0.25, 0.3) is 0 Å². The third-order valence-corrected chi connectivity index (χ3v) is 3.79. The quantitative estimate of drug-likeness (QED) is 0.786. The van der Waals surface area contributed by atoms with Crippen LogP contribution in [0.15, 0.2) is 30.5 Å². The molecule has 102 valence electrons. The van der Waals surface area contributed by atoms with Gasteiger partial charge in [0.05, 0.1) is 5.54 Å². The summed E-state index contributed by atoms with van der Waals surface area (Å²) in [5.74, 6) is 0.249. The summed E-state index contributed by atoms with van der Waals surface area (Å²) < 4.78 is 2.10. The minimum absolute atomic E-state index is 0.249. The SMILES string of the molecule is Cc1cccc2c1ccn2C(C)(C)C(=O)C(C)(C)C. The summed E-state index contributed by atoms with van der Waals surface area (Å²) in [5.41, 5.74) is 1.50. The van der Waals surface area contributed by atoms with Crippen molar-refractivity contribution in [1.82, 2.24) is 4.57 Å². The highest BCUT2D eigenvalue weighted by Gasteiger charge is 2.37. The lowest BCUT2D eigenvalue weighted by molar-refractivity contribution is -0.133. The molecule has 2 aromatic rings. The molecule has 0 radical (unpaired) electrons. The maximum absolute atomic E-state index is 12.7. The zero-order valence-corrected chi connectivity index (χ0v) is 12.7. The van der Waals surface area contributed by atoms with E-state index >= 15 is 0 Å². The Morgan fingerprint density at radius 2 is 1.68 bits per heavy atom. The molecule has 1 aromatic carbocycles. The monoisotopic (exact) mass is 257 g/mol. The number of carbonyl (C=O) groups excluding carboxylic acids is 1. The first-order chi connectivity index (χ1) is 8.65. The normalized spacial score (nSPS) is 12.9. The maximum Gasteiger partial charge on any atom is 0.163 e. The molecule has 0 bridgehead atoms. The van der Waals surface area contributed by atoms with E-state index in [1.165, 1.54) is 10.9 Å². The summed E-state index contributed by atoms with van der Waals surface area (Å²) >= 11 is 0. The van der Waals surface area contributed by atoms with Gasteiger partial charge in [-0.1, -0.05) is 32.9 Å². The van der Waals surface area contributed by atoms with Crippen LogP contribution in [0.2, 0.25) is 0 Å². The van der Waals surface area contributed by atoms with Crippen LogP contribution in [0.25, 0.3) is 10.9 Å². The number of fused-ring (bicyclic) bond motifs is 1. The van der Waals surface area contributed by atoms with Gasteiger partial charge in [0.1, 0.15) is 0 Å². The van der Waals surface area contributed by atoms with Crippen LogP contribution >= 0.6 is 0 Å². The first-order valence-corrected chi connectivity index (χ1v) is 6.78. The first kappa shape index (κ1) is 13.9.